The van der Waals surface area contributed by atoms with Gasteiger partial charge in [-0.3, -0.25) is 9.69 Å². The molecule has 2 aliphatic heterocycles. The van der Waals surface area contributed by atoms with Crippen LogP contribution in [0.15, 0.2) is 54.6 Å². The van der Waals surface area contributed by atoms with Gasteiger partial charge in [0.1, 0.15) is 5.69 Å². The fourth-order valence-electron chi connectivity index (χ4n) is 4.97. The zero-order valence-corrected chi connectivity index (χ0v) is 18.5. The molecular formula is C25H25F3N4O. The third-order valence-electron chi connectivity index (χ3n) is 6.63. The monoisotopic (exact) mass is 454 g/mol. The fourth-order valence-corrected chi connectivity index (χ4v) is 4.97. The van der Waals surface area contributed by atoms with E-state index in [0.29, 0.717) is 24.7 Å². The van der Waals surface area contributed by atoms with Crippen LogP contribution in [-0.2, 0) is 12.7 Å². The Morgan fingerprint density at radius 1 is 1.03 bits per heavy atom. The van der Waals surface area contributed by atoms with E-state index >= 15 is 0 Å². The van der Waals surface area contributed by atoms with Crippen LogP contribution in [0.5, 0.6) is 0 Å². The molecule has 172 valence electrons. The van der Waals surface area contributed by atoms with Crippen LogP contribution in [0.25, 0.3) is 5.69 Å². The molecule has 2 aromatic carbocycles. The maximum absolute atomic E-state index is 13.3. The molecule has 2 aliphatic rings. The Morgan fingerprint density at radius 3 is 2.33 bits per heavy atom. The van der Waals surface area contributed by atoms with Gasteiger partial charge in [-0.2, -0.15) is 18.3 Å². The molecule has 1 atom stereocenters. The van der Waals surface area contributed by atoms with Crippen LogP contribution in [0.2, 0.25) is 0 Å². The van der Waals surface area contributed by atoms with Crippen molar-refractivity contribution in [2.75, 3.05) is 19.6 Å². The molecule has 5 rings (SSSR count). The standard InChI is InChI=1S/C25H25F3N4O/c1-16-22-17(2)31(24(33)23(22)32(29-16)21-6-4-3-5-7-21)15-19-13-30(14-19)12-18-8-10-20(11-9-18)25(26,27)28/h3-11,17,19H,12-15H2,1-2H3. The molecule has 0 N–H and O–H groups in total. The highest BCUT2D eigenvalue weighted by molar-refractivity contribution is 5.98. The van der Waals surface area contributed by atoms with Crippen LogP contribution in [0, 0.1) is 12.8 Å². The summed E-state index contributed by atoms with van der Waals surface area (Å²) >= 11 is 0. The number of alkyl halides is 3. The molecule has 0 radical (unpaired) electrons. The lowest BCUT2D eigenvalue weighted by Gasteiger charge is -2.42. The van der Waals surface area contributed by atoms with Crippen LogP contribution in [-0.4, -0.2) is 45.1 Å². The van der Waals surface area contributed by atoms with Crippen molar-refractivity contribution in [3.8, 4) is 5.69 Å². The van der Waals surface area contributed by atoms with Crippen LogP contribution >= 0.6 is 0 Å². The molecule has 1 aromatic heterocycles. The van der Waals surface area contributed by atoms with Crippen molar-refractivity contribution < 1.29 is 18.0 Å². The summed E-state index contributed by atoms with van der Waals surface area (Å²) in [5.74, 6) is 0.344. The zero-order valence-electron chi connectivity index (χ0n) is 18.5. The van der Waals surface area contributed by atoms with Crippen molar-refractivity contribution in [3.63, 3.8) is 0 Å². The van der Waals surface area contributed by atoms with E-state index in [0.717, 1.165) is 47.7 Å². The second kappa shape index (κ2) is 8.02. The van der Waals surface area contributed by atoms with Crippen LogP contribution in [0.3, 0.4) is 0 Å². The highest BCUT2D eigenvalue weighted by atomic mass is 19.4. The molecular weight excluding hydrogens is 429 g/mol. The summed E-state index contributed by atoms with van der Waals surface area (Å²) < 4.78 is 40.0. The topological polar surface area (TPSA) is 41.4 Å². The van der Waals surface area contributed by atoms with Crippen molar-refractivity contribution >= 4 is 5.91 Å². The highest BCUT2D eigenvalue weighted by Gasteiger charge is 2.42. The molecule has 33 heavy (non-hydrogen) atoms. The number of likely N-dealkylation sites (tertiary alicyclic amines) is 1. The smallest absolute Gasteiger partial charge is 0.330 e. The van der Waals surface area contributed by atoms with Gasteiger partial charge < -0.3 is 4.90 Å². The van der Waals surface area contributed by atoms with Crippen molar-refractivity contribution in [1.82, 2.24) is 19.6 Å². The average Bonchev–Trinajstić information content (AvgIpc) is 3.23. The van der Waals surface area contributed by atoms with E-state index in [4.69, 9.17) is 0 Å². The molecule has 1 saturated heterocycles. The van der Waals surface area contributed by atoms with Gasteiger partial charge >= 0.3 is 6.18 Å². The van der Waals surface area contributed by atoms with E-state index in [1.54, 1.807) is 4.68 Å². The highest BCUT2D eigenvalue weighted by Crippen LogP contribution is 2.38. The number of halogens is 3. The van der Waals surface area contributed by atoms with Crippen molar-refractivity contribution in [3.05, 3.63) is 82.7 Å². The lowest BCUT2D eigenvalue weighted by Crippen LogP contribution is -2.51. The van der Waals surface area contributed by atoms with E-state index in [-0.39, 0.29) is 11.9 Å². The molecule has 0 saturated carbocycles. The van der Waals surface area contributed by atoms with E-state index in [1.165, 1.54) is 12.1 Å². The number of nitrogens with zero attached hydrogens (tertiary/aromatic N) is 4. The molecule has 0 aliphatic carbocycles. The number of para-hydroxylation sites is 1. The summed E-state index contributed by atoms with van der Waals surface area (Å²) in [6.45, 7) is 6.90. The third-order valence-corrected chi connectivity index (χ3v) is 6.63. The summed E-state index contributed by atoms with van der Waals surface area (Å²) in [6.07, 6.45) is -4.31. The maximum Gasteiger partial charge on any atom is 0.416 e. The molecule has 1 fully saturated rings. The summed E-state index contributed by atoms with van der Waals surface area (Å²) in [5.41, 5.74) is 3.61. The van der Waals surface area contributed by atoms with Crippen molar-refractivity contribution in [1.29, 1.82) is 0 Å². The summed E-state index contributed by atoms with van der Waals surface area (Å²) in [6, 6.07) is 15.0. The predicted octanol–water partition coefficient (Wildman–Crippen LogP) is 4.85. The van der Waals surface area contributed by atoms with E-state index in [1.807, 2.05) is 49.1 Å². The number of carbonyl (C=O) groups excluding carboxylic acids is 1. The predicted molar refractivity (Wildman–Crippen MR) is 118 cm³/mol. The van der Waals surface area contributed by atoms with Gasteiger partial charge in [0, 0.05) is 37.7 Å². The lowest BCUT2D eigenvalue weighted by molar-refractivity contribution is -0.137. The zero-order chi connectivity index (χ0) is 23.3. The van der Waals surface area contributed by atoms with Crippen LogP contribution in [0.1, 0.15) is 45.8 Å². The first-order valence-electron chi connectivity index (χ1n) is 11.1. The number of hydrogen-bond donors (Lipinski definition) is 0. The van der Waals surface area contributed by atoms with Gasteiger partial charge in [0.25, 0.3) is 5.91 Å². The molecule has 3 heterocycles. The van der Waals surface area contributed by atoms with Gasteiger partial charge in [-0.25, -0.2) is 4.68 Å². The SMILES string of the molecule is Cc1nn(-c2ccccc2)c2c1C(C)N(CC1CN(Cc3ccc(C(F)(F)F)cc3)C1)C2=O. The molecule has 8 heteroatoms. The van der Waals surface area contributed by atoms with E-state index in [2.05, 4.69) is 10.00 Å². The Balaban J connectivity index is 1.22. The second-order valence-electron chi connectivity index (χ2n) is 8.98. The summed E-state index contributed by atoms with van der Waals surface area (Å²) in [7, 11) is 0. The van der Waals surface area contributed by atoms with Crippen molar-refractivity contribution in [2.45, 2.75) is 32.6 Å². The summed E-state index contributed by atoms with van der Waals surface area (Å²) in [4.78, 5) is 17.5. The number of rotatable bonds is 5. The van der Waals surface area contributed by atoms with E-state index < -0.39 is 11.7 Å². The Morgan fingerprint density at radius 2 is 1.70 bits per heavy atom. The number of amides is 1. The van der Waals surface area contributed by atoms with Gasteiger partial charge in [-0.15, -0.1) is 0 Å². The Hall–Kier alpha value is -3.13. The third kappa shape index (κ3) is 3.93. The van der Waals surface area contributed by atoms with Gasteiger partial charge in [-0.1, -0.05) is 30.3 Å². The Kier molecular flexibility index (Phi) is 5.28. The molecule has 1 unspecified atom stereocenters. The maximum atomic E-state index is 13.3. The normalized spacial score (nSPS) is 19.1. The first-order chi connectivity index (χ1) is 15.7. The quantitative estimate of drug-likeness (QED) is 0.554. The van der Waals surface area contributed by atoms with Gasteiger partial charge in [0.15, 0.2) is 0 Å². The molecule has 0 spiro atoms. The number of aryl methyl sites for hydroxylation is 1. The largest absolute Gasteiger partial charge is 0.416 e. The van der Waals surface area contributed by atoms with E-state index in [9.17, 15) is 18.0 Å². The number of hydrogen-bond acceptors (Lipinski definition) is 3. The molecule has 0 bridgehead atoms. The van der Waals surface area contributed by atoms with Gasteiger partial charge in [0.05, 0.1) is 23.0 Å². The minimum absolute atomic E-state index is 0.00291. The number of fused-ring (bicyclic) bond motifs is 1. The molecule has 5 nitrogen and oxygen atoms in total. The first kappa shape index (κ1) is 21.7. The fraction of sp³-hybridized carbons (Fsp3) is 0.360. The number of carbonyl (C=O) groups is 1. The first-order valence-corrected chi connectivity index (χ1v) is 11.1. The minimum atomic E-state index is -4.31. The number of benzene rings is 2. The van der Waals surface area contributed by atoms with Crippen LogP contribution < -0.4 is 0 Å². The average molecular weight is 454 g/mol. The second-order valence-corrected chi connectivity index (χ2v) is 8.98. The van der Waals surface area contributed by atoms with Gasteiger partial charge in [0.2, 0.25) is 0 Å². The lowest BCUT2D eigenvalue weighted by atomic mass is 9.97. The van der Waals surface area contributed by atoms with Crippen LogP contribution in [0.4, 0.5) is 13.2 Å². The van der Waals surface area contributed by atoms with Crippen molar-refractivity contribution in [2.24, 2.45) is 5.92 Å². The molecule has 3 aromatic rings. The number of aromatic nitrogens is 2. The van der Waals surface area contributed by atoms with Gasteiger partial charge in [-0.05, 0) is 43.7 Å². The Bertz CT molecular complexity index is 1160. The summed E-state index contributed by atoms with van der Waals surface area (Å²) in [5, 5.41) is 4.62. The Labute approximate surface area is 190 Å². The molecule has 1 amide bonds. The minimum Gasteiger partial charge on any atom is -0.330 e.